The van der Waals surface area contributed by atoms with Gasteiger partial charge in [-0.3, -0.25) is 9.36 Å². The van der Waals surface area contributed by atoms with Gasteiger partial charge in [0.2, 0.25) is 11.6 Å². The van der Waals surface area contributed by atoms with Gasteiger partial charge in [-0.15, -0.1) is 0 Å². The largest absolute Gasteiger partial charge is 0.501 e. The lowest BCUT2D eigenvalue weighted by atomic mass is 9.92. The Morgan fingerprint density at radius 2 is 2.03 bits per heavy atom. The Morgan fingerprint density at radius 3 is 2.79 bits per heavy atom. The number of aryl methyl sites for hydroxylation is 1. The summed E-state index contributed by atoms with van der Waals surface area (Å²) in [4.78, 5) is 27.0. The lowest BCUT2D eigenvalue weighted by Gasteiger charge is -2.30. The number of allylic oxidation sites excluding steroid dienone is 1. The molecule has 2 aliphatic carbocycles. The Balaban J connectivity index is 1.56. The van der Waals surface area contributed by atoms with Gasteiger partial charge in [-0.1, -0.05) is 6.08 Å². The number of methoxy groups -OCH3 is 1. The fourth-order valence-corrected chi connectivity index (χ4v) is 4.51. The number of aromatic nitrogens is 5. The number of ether oxygens (including phenoxy) is 1. The summed E-state index contributed by atoms with van der Waals surface area (Å²) in [5.41, 5.74) is 2.57. The number of hydrogen-bond acceptors (Lipinski definition) is 7. The van der Waals surface area contributed by atoms with Crippen LogP contribution in [0, 0.1) is 0 Å². The monoisotopic (exact) mass is 445 g/mol. The first kappa shape index (κ1) is 19.8. The zero-order valence-corrected chi connectivity index (χ0v) is 18.4. The number of nitrogens with zero attached hydrogens (tertiary/aromatic N) is 5. The van der Waals surface area contributed by atoms with Gasteiger partial charge in [-0.25, -0.2) is 15.0 Å². The van der Waals surface area contributed by atoms with Gasteiger partial charge in [0, 0.05) is 19.2 Å². The molecule has 0 atom stereocenters. The molecular formula is C24H23N5O4. The van der Waals surface area contributed by atoms with Crippen LogP contribution in [0.5, 0.6) is 11.5 Å². The van der Waals surface area contributed by atoms with Crippen LogP contribution in [0.2, 0.25) is 0 Å². The number of hydrogen-bond donors (Lipinski definition) is 1. The average molecular weight is 445 g/mol. The van der Waals surface area contributed by atoms with Crippen LogP contribution in [0.3, 0.4) is 0 Å². The van der Waals surface area contributed by atoms with Gasteiger partial charge >= 0.3 is 0 Å². The summed E-state index contributed by atoms with van der Waals surface area (Å²) < 4.78 is 14.6. The van der Waals surface area contributed by atoms with E-state index in [1.54, 1.807) is 32.4 Å². The van der Waals surface area contributed by atoms with E-state index in [1.807, 2.05) is 0 Å². The van der Waals surface area contributed by atoms with Crippen molar-refractivity contribution in [2.75, 3.05) is 7.11 Å². The second-order valence-corrected chi connectivity index (χ2v) is 8.51. The molecule has 1 saturated carbocycles. The van der Waals surface area contributed by atoms with Crippen LogP contribution in [0.1, 0.15) is 43.1 Å². The molecule has 3 aromatic heterocycles. The maximum atomic E-state index is 13.0. The molecule has 0 radical (unpaired) electrons. The van der Waals surface area contributed by atoms with Crippen molar-refractivity contribution in [2.45, 2.75) is 38.1 Å². The minimum atomic E-state index is -0.577. The standard InChI is InChI=1S/C24H23N5O4/c1-28-21(22-25-15-8-3-4-9-17(15)29(22)13-6-5-7-13)27-19(20(30)24(28)31)23-26-16-12-14(32-2)10-11-18(16)33-23/h4,9-13,30H,3,5-8H2,1-2H3. The molecule has 9 heteroatoms. The van der Waals surface area contributed by atoms with E-state index in [4.69, 9.17) is 14.1 Å². The van der Waals surface area contributed by atoms with Crippen LogP contribution < -0.4 is 10.3 Å². The second-order valence-electron chi connectivity index (χ2n) is 8.51. The first-order chi connectivity index (χ1) is 16.0. The first-order valence-corrected chi connectivity index (χ1v) is 11.1. The predicted molar refractivity (Wildman–Crippen MR) is 122 cm³/mol. The number of oxazole rings is 1. The molecule has 168 valence electrons. The number of imidazole rings is 1. The Morgan fingerprint density at radius 1 is 1.18 bits per heavy atom. The second kappa shape index (κ2) is 7.33. The van der Waals surface area contributed by atoms with Crippen molar-refractivity contribution >= 4 is 17.2 Å². The molecular weight excluding hydrogens is 422 g/mol. The molecule has 0 unspecified atom stereocenters. The Hall–Kier alpha value is -3.88. The van der Waals surface area contributed by atoms with Crippen molar-refractivity contribution < 1.29 is 14.3 Å². The van der Waals surface area contributed by atoms with Crippen LogP contribution in [0.15, 0.2) is 33.5 Å². The first-order valence-electron chi connectivity index (χ1n) is 11.1. The molecule has 0 bridgehead atoms. The maximum Gasteiger partial charge on any atom is 0.296 e. The van der Waals surface area contributed by atoms with Crippen LogP contribution >= 0.6 is 0 Å². The smallest absolute Gasteiger partial charge is 0.296 e. The molecule has 1 aromatic carbocycles. The van der Waals surface area contributed by atoms with Crippen molar-refractivity contribution in [1.29, 1.82) is 0 Å². The third-order valence-corrected chi connectivity index (χ3v) is 6.55. The molecule has 1 N–H and O–H groups in total. The quantitative estimate of drug-likeness (QED) is 0.508. The van der Waals surface area contributed by atoms with Gasteiger partial charge in [0.1, 0.15) is 11.3 Å². The van der Waals surface area contributed by atoms with E-state index >= 15 is 0 Å². The molecule has 33 heavy (non-hydrogen) atoms. The molecule has 0 aliphatic heterocycles. The number of benzene rings is 1. The summed E-state index contributed by atoms with van der Waals surface area (Å²) in [5.74, 6) is 1.20. The van der Waals surface area contributed by atoms with Crippen LogP contribution in [-0.4, -0.2) is 36.3 Å². The molecule has 9 nitrogen and oxygen atoms in total. The molecule has 6 rings (SSSR count). The third-order valence-electron chi connectivity index (χ3n) is 6.55. The van der Waals surface area contributed by atoms with Crippen LogP contribution in [-0.2, 0) is 13.5 Å². The van der Waals surface area contributed by atoms with E-state index in [1.165, 1.54) is 11.0 Å². The molecule has 2 aliphatic rings. The van der Waals surface area contributed by atoms with E-state index in [0.717, 1.165) is 37.1 Å². The highest BCUT2D eigenvalue weighted by molar-refractivity contribution is 5.78. The highest BCUT2D eigenvalue weighted by Crippen LogP contribution is 2.39. The predicted octanol–water partition coefficient (Wildman–Crippen LogP) is 3.85. The van der Waals surface area contributed by atoms with Crippen molar-refractivity contribution in [3.8, 4) is 34.7 Å². The SMILES string of the molecule is COc1ccc2oc(-c3nc(-c4nc5c(n4C4CCC4)C=CCC5)n(C)c(=O)c3O)nc2c1. The Bertz CT molecular complexity index is 1490. The molecule has 3 heterocycles. The minimum absolute atomic E-state index is 0.0000553. The van der Waals surface area contributed by atoms with Crippen molar-refractivity contribution in [1.82, 2.24) is 24.1 Å². The van der Waals surface area contributed by atoms with Gasteiger partial charge < -0.3 is 18.8 Å². The fourth-order valence-electron chi connectivity index (χ4n) is 4.51. The van der Waals surface area contributed by atoms with Crippen LogP contribution in [0.4, 0.5) is 0 Å². The number of aromatic hydroxyl groups is 1. The highest BCUT2D eigenvalue weighted by atomic mass is 16.5. The summed E-state index contributed by atoms with van der Waals surface area (Å²) >= 11 is 0. The summed E-state index contributed by atoms with van der Waals surface area (Å²) in [6, 6.07) is 5.54. The summed E-state index contributed by atoms with van der Waals surface area (Å²) in [6.45, 7) is 0. The average Bonchev–Trinajstić information content (AvgIpc) is 3.38. The lowest BCUT2D eigenvalue weighted by molar-refractivity contribution is 0.314. The fraction of sp³-hybridized carbons (Fsp3) is 0.333. The summed E-state index contributed by atoms with van der Waals surface area (Å²) in [6.07, 6.45) is 9.36. The van der Waals surface area contributed by atoms with Crippen molar-refractivity contribution in [3.63, 3.8) is 0 Å². The lowest BCUT2D eigenvalue weighted by Crippen LogP contribution is -2.24. The van der Waals surface area contributed by atoms with E-state index in [9.17, 15) is 9.90 Å². The molecule has 1 fully saturated rings. The molecule has 0 spiro atoms. The topological polar surface area (TPSA) is 108 Å². The van der Waals surface area contributed by atoms with Gasteiger partial charge in [0.25, 0.3) is 5.56 Å². The third kappa shape index (κ3) is 2.99. The zero-order chi connectivity index (χ0) is 22.7. The van der Waals surface area contributed by atoms with Crippen LogP contribution in [0.25, 0.3) is 40.4 Å². The van der Waals surface area contributed by atoms with E-state index < -0.39 is 11.3 Å². The zero-order valence-electron chi connectivity index (χ0n) is 18.4. The van der Waals surface area contributed by atoms with Gasteiger partial charge in [-0.2, -0.15) is 0 Å². The maximum absolute atomic E-state index is 13.0. The minimum Gasteiger partial charge on any atom is -0.501 e. The summed E-state index contributed by atoms with van der Waals surface area (Å²) in [7, 11) is 3.17. The van der Waals surface area contributed by atoms with E-state index in [2.05, 4.69) is 26.7 Å². The Kier molecular flexibility index (Phi) is 4.39. The molecule has 0 saturated heterocycles. The summed E-state index contributed by atoms with van der Waals surface area (Å²) in [5, 5.41) is 10.7. The van der Waals surface area contributed by atoms with Crippen molar-refractivity contribution in [3.05, 3.63) is 46.0 Å². The molecule has 0 amide bonds. The number of fused-ring (bicyclic) bond motifs is 2. The highest BCUT2D eigenvalue weighted by Gasteiger charge is 2.31. The van der Waals surface area contributed by atoms with Gasteiger partial charge in [0.05, 0.1) is 18.5 Å². The molecule has 4 aromatic rings. The van der Waals surface area contributed by atoms with E-state index in [-0.39, 0.29) is 11.6 Å². The Labute approximate surface area is 189 Å². The number of rotatable bonds is 4. The normalized spacial score (nSPS) is 15.6. The van der Waals surface area contributed by atoms with Gasteiger partial charge in [-0.05, 0) is 50.3 Å². The van der Waals surface area contributed by atoms with Crippen molar-refractivity contribution in [2.24, 2.45) is 7.05 Å². The van der Waals surface area contributed by atoms with E-state index in [0.29, 0.717) is 34.5 Å². The van der Waals surface area contributed by atoms with Gasteiger partial charge in [0.15, 0.2) is 22.9 Å².